The molecule has 1 aromatic rings. The molecule has 0 aliphatic rings. The van der Waals surface area contributed by atoms with Crippen LogP contribution in [0.15, 0.2) is 29.3 Å². The number of benzene rings is 1. The average molecular weight is 402 g/mol. The summed E-state index contributed by atoms with van der Waals surface area (Å²) in [6, 6.07) is 7.15. The summed E-state index contributed by atoms with van der Waals surface area (Å²) in [5, 5.41) is 9.02. The first kappa shape index (κ1) is 23.7. The van der Waals surface area contributed by atoms with Crippen LogP contribution in [0.5, 0.6) is 0 Å². The molecule has 0 aromatic heterocycles. The second kappa shape index (κ2) is 12.2. The molecule has 0 saturated heterocycles. The lowest BCUT2D eigenvalue weighted by Gasteiger charge is -2.12. The van der Waals surface area contributed by atoms with Gasteiger partial charge in [-0.3, -0.25) is 4.79 Å². The van der Waals surface area contributed by atoms with Gasteiger partial charge in [0.25, 0.3) is 0 Å². The number of halogens is 3. The normalized spacial score (nSPS) is 12.2. The van der Waals surface area contributed by atoms with Crippen molar-refractivity contribution in [2.75, 3.05) is 19.7 Å². The number of aliphatic imine (C=N–C) groups is 1. The highest BCUT2D eigenvalue weighted by Crippen LogP contribution is 2.16. The maximum Gasteiger partial charge on any atom is 0.411 e. The summed E-state index contributed by atoms with van der Waals surface area (Å²) in [6.07, 6.45) is -3.98. The lowest BCUT2D eigenvalue weighted by molar-refractivity contribution is -0.176. The maximum absolute atomic E-state index is 12.1. The zero-order valence-corrected chi connectivity index (χ0v) is 16.5. The Bertz CT molecular complexity index is 617. The smallest absolute Gasteiger partial charge is 0.367 e. The van der Waals surface area contributed by atoms with Gasteiger partial charge in [-0.1, -0.05) is 24.3 Å². The molecular weight excluding hydrogens is 373 g/mol. The van der Waals surface area contributed by atoms with Gasteiger partial charge >= 0.3 is 6.18 Å². The zero-order valence-electron chi connectivity index (χ0n) is 16.5. The molecule has 0 aliphatic heterocycles. The molecule has 1 aromatic carbocycles. The van der Waals surface area contributed by atoms with E-state index in [1.54, 1.807) is 24.3 Å². The Balaban J connectivity index is 2.47. The van der Waals surface area contributed by atoms with E-state index >= 15 is 0 Å². The summed E-state index contributed by atoms with van der Waals surface area (Å²) in [5.41, 5.74) is 1.58. The third-order valence-corrected chi connectivity index (χ3v) is 3.42. The number of amides is 1. The first-order chi connectivity index (χ1) is 13.2. The summed E-state index contributed by atoms with van der Waals surface area (Å²) >= 11 is 0. The number of carbonyl (C=O) groups is 1. The van der Waals surface area contributed by atoms with Crippen LogP contribution >= 0.6 is 0 Å². The van der Waals surface area contributed by atoms with Crippen LogP contribution in [0.25, 0.3) is 0 Å². The fraction of sp³-hybridized carbons (Fsp3) is 0.579. The number of hydrogen-bond acceptors (Lipinski definition) is 3. The van der Waals surface area contributed by atoms with E-state index in [0.29, 0.717) is 37.6 Å². The summed E-state index contributed by atoms with van der Waals surface area (Å²) in [5.74, 6) is 0.569. The minimum Gasteiger partial charge on any atom is -0.367 e. The highest BCUT2D eigenvalue weighted by molar-refractivity contribution is 5.81. The van der Waals surface area contributed by atoms with Gasteiger partial charge in [0.2, 0.25) is 5.91 Å². The molecule has 9 heteroatoms. The van der Waals surface area contributed by atoms with Crippen molar-refractivity contribution in [3.05, 3.63) is 35.4 Å². The van der Waals surface area contributed by atoms with Crippen molar-refractivity contribution in [2.45, 2.75) is 52.6 Å². The lowest BCUT2D eigenvalue weighted by Crippen LogP contribution is -2.40. The van der Waals surface area contributed by atoms with Gasteiger partial charge in [0.15, 0.2) is 5.96 Å². The molecule has 0 heterocycles. The number of alkyl halides is 3. The summed E-state index contributed by atoms with van der Waals surface area (Å²) in [6.45, 7) is 5.95. The van der Waals surface area contributed by atoms with Crippen LogP contribution in [-0.4, -0.2) is 43.8 Å². The molecule has 0 aliphatic carbocycles. The molecule has 0 spiro atoms. The van der Waals surface area contributed by atoms with E-state index in [0.717, 1.165) is 5.56 Å². The Morgan fingerprint density at radius 2 is 1.79 bits per heavy atom. The predicted octanol–water partition coefficient (Wildman–Crippen LogP) is 2.74. The van der Waals surface area contributed by atoms with Crippen molar-refractivity contribution in [1.82, 2.24) is 16.0 Å². The number of nitrogens with zero attached hydrogens (tertiary/aromatic N) is 1. The maximum atomic E-state index is 12.1. The fourth-order valence-electron chi connectivity index (χ4n) is 2.23. The Labute approximate surface area is 163 Å². The van der Waals surface area contributed by atoms with Gasteiger partial charge in [0, 0.05) is 25.6 Å². The Morgan fingerprint density at radius 3 is 2.36 bits per heavy atom. The SMILES string of the molecule is CCNC(=NCc1ccc(COCC(F)(F)F)cc1)NCCC(=O)NC(C)C. The highest BCUT2D eigenvalue weighted by Gasteiger charge is 2.27. The van der Waals surface area contributed by atoms with Gasteiger partial charge in [0.1, 0.15) is 6.61 Å². The van der Waals surface area contributed by atoms with Crippen molar-refractivity contribution in [3.63, 3.8) is 0 Å². The van der Waals surface area contributed by atoms with E-state index in [1.165, 1.54) is 0 Å². The molecule has 3 N–H and O–H groups in total. The van der Waals surface area contributed by atoms with Gasteiger partial charge < -0.3 is 20.7 Å². The molecule has 1 amide bonds. The molecular formula is C19H29F3N4O2. The van der Waals surface area contributed by atoms with E-state index in [1.807, 2.05) is 20.8 Å². The van der Waals surface area contributed by atoms with Crippen molar-refractivity contribution in [3.8, 4) is 0 Å². The molecule has 158 valence electrons. The van der Waals surface area contributed by atoms with Gasteiger partial charge in [-0.2, -0.15) is 13.2 Å². The molecule has 6 nitrogen and oxygen atoms in total. The fourth-order valence-corrected chi connectivity index (χ4v) is 2.23. The molecule has 28 heavy (non-hydrogen) atoms. The summed E-state index contributed by atoms with van der Waals surface area (Å²) in [4.78, 5) is 16.1. The molecule has 0 atom stereocenters. The van der Waals surface area contributed by atoms with Gasteiger partial charge in [-0.25, -0.2) is 4.99 Å². The second-order valence-electron chi connectivity index (χ2n) is 6.52. The Morgan fingerprint density at radius 1 is 1.14 bits per heavy atom. The van der Waals surface area contributed by atoms with E-state index in [-0.39, 0.29) is 18.6 Å². The monoisotopic (exact) mass is 402 g/mol. The second-order valence-corrected chi connectivity index (χ2v) is 6.52. The minimum atomic E-state index is -4.32. The Kier molecular flexibility index (Phi) is 10.4. The van der Waals surface area contributed by atoms with E-state index in [9.17, 15) is 18.0 Å². The number of guanidine groups is 1. The molecule has 0 bridgehead atoms. The molecule has 1 rings (SSSR count). The van der Waals surface area contributed by atoms with E-state index in [4.69, 9.17) is 0 Å². The number of ether oxygens (including phenoxy) is 1. The van der Waals surface area contributed by atoms with Crippen molar-refractivity contribution >= 4 is 11.9 Å². The highest BCUT2D eigenvalue weighted by atomic mass is 19.4. The van der Waals surface area contributed by atoms with E-state index in [2.05, 4.69) is 25.7 Å². The largest absolute Gasteiger partial charge is 0.411 e. The van der Waals surface area contributed by atoms with Crippen LogP contribution in [-0.2, 0) is 22.7 Å². The van der Waals surface area contributed by atoms with Crippen LogP contribution in [0, 0.1) is 0 Å². The Hall–Kier alpha value is -2.29. The van der Waals surface area contributed by atoms with Gasteiger partial charge in [-0.05, 0) is 31.9 Å². The first-order valence-corrected chi connectivity index (χ1v) is 9.23. The third kappa shape index (κ3) is 11.4. The van der Waals surface area contributed by atoms with Crippen molar-refractivity contribution < 1.29 is 22.7 Å². The summed E-state index contributed by atoms with van der Waals surface area (Å²) < 4.78 is 40.9. The van der Waals surface area contributed by atoms with Gasteiger partial charge in [0.05, 0.1) is 13.2 Å². The number of carbonyl (C=O) groups excluding carboxylic acids is 1. The van der Waals surface area contributed by atoms with Gasteiger partial charge in [-0.15, -0.1) is 0 Å². The first-order valence-electron chi connectivity index (χ1n) is 9.23. The molecule has 0 saturated carbocycles. The molecule has 0 unspecified atom stereocenters. The van der Waals surface area contributed by atoms with Crippen molar-refractivity contribution in [2.24, 2.45) is 4.99 Å². The minimum absolute atomic E-state index is 0.0262. The summed E-state index contributed by atoms with van der Waals surface area (Å²) in [7, 11) is 0. The van der Waals surface area contributed by atoms with Crippen LogP contribution in [0.3, 0.4) is 0 Å². The topological polar surface area (TPSA) is 74.8 Å². The number of rotatable bonds is 10. The van der Waals surface area contributed by atoms with Crippen LogP contribution in [0.4, 0.5) is 13.2 Å². The van der Waals surface area contributed by atoms with Crippen LogP contribution in [0.2, 0.25) is 0 Å². The molecule has 0 radical (unpaired) electrons. The quantitative estimate of drug-likeness (QED) is 0.416. The molecule has 0 fully saturated rings. The van der Waals surface area contributed by atoms with E-state index < -0.39 is 12.8 Å². The number of hydrogen-bond donors (Lipinski definition) is 3. The average Bonchev–Trinajstić information content (AvgIpc) is 2.59. The number of nitrogens with one attached hydrogen (secondary N) is 3. The standard InChI is InChI=1S/C19H29F3N4O2/c1-4-23-18(24-10-9-17(27)26-14(2)3)25-11-15-5-7-16(8-6-15)12-28-13-19(20,21)22/h5-8,14H,4,9-13H2,1-3H3,(H,26,27)(H2,23,24,25). The third-order valence-electron chi connectivity index (χ3n) is 3.42. The van der Waals surface area contributed by atoms with Crippen LogP contribution in [0.1, 0.15) is 38.3 Å². The van der Waals surface area contributed by atoms with Crippen LogP contribution < -0.4 is 16.0 Å². The predicted molar refractivity (Wildman–Crippen MR) is 103 cm³/mol. The zero-order chi connectivity index (χ0) is 21.0. The lowest BCUT2D eigenvalue weighted by atomic mass is 10.1. The van der Waals surface area contributed by atoms with Crippen molar-refractivity contribution in [1.29, 1.82) is 0 Å².